The van der Waals surface area contributed by atoms with Gasteiger partial charge in [-0.3, -0.25) is 9.59 Å². The summed E-state index contributed by atoms with van der Waals surface area (Å²) in [5, 5.41) is 11.8. The third-order valence-corrected chi connectivity index (χ3v) is 7.29. The molecule has 2 aromatic heterocycles. The van der Waals surface area contributed by atoms with E-state index in [1.54, 1.807) is 36.4 Å². The fourth-order valence-corrected chi connectivity index (χ4v) is 5.48. The van der Waals surface area contributed by atoms with Crippen molar-refractivity contribution in [3.63, 3.8) is 0 Å². The number of aromatic nitrogens is 4. The average Bonchev–Trinajstić information content (AvgIpc) is 3.30. The summed E-state index contributed by atoms with van der Waals surface area (Å²) in [5.41, 5.74) is 3.33. The molecule has 0 spiro atoms. The lowest BCUT2D eigenvalue weighted by Crippen LogP contribution is -2.27. The second-order valence-corrected chi connectivity index (χ2v) is 11.3. The van der Waals surface area contributed by atoms with Crippen molar-refractivity contribution in [2.45, 2.75) is 32.7 Å². The van der Waals surface area contributed by atoms with Gasteiger partial charge < -0.3 is 15.6 Å². The van der Waals surface area contributed by atoms with Gasteiger partial charge in [0.2, 0.25) is 5.91 Å². The highest BCUT2D eigenvalue weighted by Crippen LogP contribution is 2.34. The quantitative estimate of drug-likeness (QED) is 0.170. The number of carbonyl (C=O) groups is 1. The third-order valence-electron chi connectivity index (χ3n) is 6.49. The van der Waals surface area contributed by atoms with Gasteiger partial charge in [0, 0.05) is 23.7 Å². The number of anilines is 1. The van der Waals surface area contributed by atoms with Crippen molar-refractivity contribution in [2.75, 3.05) is 11.9 Å². The predicted octanol–water partition coefficient (Wildman–Crippen LogP) is 6.65. The van der Waals surface area contributed by atoms with Crippen LogP contribution in [-0.4, -0.2) is 32.2 Å². The first kappa shape index (κ1) is 29.7. The number of nitrogens with one attached hydrogen (secondary N) is 3. The second kappa shape index (κ2) is 12.6. The van der Waals surface area contributed by atoms with Crippen LogP contribution >= 0.6 is 34.8 Å². The highest BCUT2D eigenvalue weighted by atomic mass is 35.5. The van der Waals surface area contributed by atoms with Crippen molar-refractivity contribution >= 4 is 57.4 Å². The molecule has 0 saturated carbocycles. The summed E-state index contributed by atoms with van der Waals surface area (Å²) in [6, 6.07) is 16.4. The molecule has 0 atom stereocenters. The molecular formula is C30H26Cl3FN6O2. The van der Waals surface area contributed by atoms with E-state index >= 15 is 0 Å². The molecular weight excluding hydrogens is 602 g/mol. The van der Waals surface area contributed by atoms with Gasteiger partial charge in [-0.15, -0.1) is 0 Å². The molecule has 0 fully saturated rings. The molecule has 3 aromatic carbocycles. The molecule has 12 heteroatoms. The van der Waals surface area contributed by atoms with Crippen LogP contribution in [0.25, 0.3) is 16.7 Å². The van der Waals surface area contributed by atoms with E-state index in [4.69, 9.17) is 39.8 Å². The van der Waals surface area contributed by atoms with Crippen molar-refractivity contribution in [3.8, 4) is 5.69 Å². The van der Waals surface area contributed by atoms with Crippen molar-refractivity contribution in [1.82, 2.24) is 25.1 Å². The maximum absolute atomic E-state index is 13.2. The van der Waals surface area contributed by atoms with Crippen molar-refractivity contribution < 1.29 is 9.18 Å². The lowest BCUT2D eigenvalue weighted by Gasteiger charge is -2.10. The Bertz CT molecular complexity index is 1800. The van der Waals surface area contributed by atoms with Crippen LogP contribution in [0.5, 0.6) is 0 Å². The molecule has 8 nitrogen and oxygen atoms in total. The molecule has 0 bridgehead atoms. The maximum Gasteiger partial charge on any atom is 0.262 e. The van der Waals surface area contributed by atoms with Gasteiger partial charge in [0.25, 0.3) is 5.56 Å². The number of aromatic amines is 1. The number of benzene rings is 3. The zero-order valence-electron chi connectivity index (χ0n) is 22.6. The van der Waals surface area contributed by atoms with Crippen LogP contribution in [0.15, 0.2) is 65.5 Å². The predicted molar refractivity (Wildman–Crippen MR) is 165 cm³/mol. The SMILES string of the molecule is CC(C)c1nn(-c2c(Cl)cc(Cl)cc2Cl)c2nc(Cc3ccc(NC(=O)CNCc4ccc(F)cc4)cc3)[nH]c(=O)c12. The van der Waals surface area contributed by atoms with Gasteiger partial charge >= 0.3 is 0 Å². The fourth-order valence-electron chi connectivity index (χ4n) is 4.50. The topological polar surface area (TPSA) is 105 Å². The van der Waals surface area contributed by atoms with Crippen LogP contribution in [0.3, 0.4) is 0 Å². The van der Waals surface area contributed by atoms with E-state index in [2.05, 4.69) is 20.7 Å². The van der Waals surface area contributed by atoms with Gasteiger partial charge in [-0.1, -0.05) is 72.9 Å². The van der Waals surface area contributed by atoms with Crippen LogP contribution in [0, 0.1) is 5.82 Å². The first-order chi connectivity index (χ1) is 20.1. The van der Waals surface area contributed by atoms with E-state index < -0.39 is 0 Å². The molecule has 0 aliphatic rings. The number of fused-ring (bicyclic) bond motifs is 1. The second-order valence-electron chi connectivity index (χ2n) is 10.0. The Kier molecular flexibility index (Phi) is 8.93. The van der Waals surface area contributed by atoms with Crippen LogP contribution in [-0.2, 0) is 17.8 Å². The largest absolute Gasteiger partial charge is 0.325 e. The first-order valence-corrected chi connectivity index (χ1v) is 14.2. The van der Waals surface area contributed by atoms with Crippen LogP contribution in [0.2, 0.25) is 15.1 Å². The van der Waals surface area contributed by atoms with Gasteiger partial charge in [-0.25, -0.2) is 14.1 Å². The van der Waals surface area contributed by atoms with Crippen LogP contribution in [0.4, 0.5) is 10.1 Å². The maximum atomic E-state index is 13.2. The molecule has 0 aliphatic carbocycles. The Morgan fingerprint density at radius 1 is 1.00 bits per heavy atom. The Balaban J connectivity index is 1.33. The number of rotatable bonds is 9. The zero-order chi connectivity index (χ0) is 30.0. The standard InChI is InChI=1S/C30H26Cl3FN6O2/c1-16(2)27-26-29(40(39-27)28-22(32)12-19(31)13-23(28)33)37-24(38-30(26)42)11-17-5-9-21(10-6-17)36-25(41)15-35-14-18-3-7-20(34)8-4-18/h3-10,12-13,16,35H,11,14-15H2,1-2H3,(H,36,41)(H,37,38,42). The molecule has 3 N–H and O–H groups in total. The molecule has 0 unspecified atom stereocenters. The number of amides is 1. The summed E-state index contributed by atoms with van der Waals surface area (Å²) >= 11 is 19.1. The smallest absolute Gasteiger partial charge is 0.262 e. The molecule has 2 heterocycles. The van der Waals surface area contributed by atoms with E-state index in [-0.39, 0.29) is 39.8 Å². The minimum atomic E-state index is -0.317. The Hall–Kier alpha value is -3.76. The molecule has 0 saturated heterocycles. The highest BCUT2D eigenvalue weighted by molar-refractivity contribution is 6.40. The zero-order valence-corrected chi connectivity index (χ0v) is 24.9. The lowest BCUT2D eigenvalue weighted by atomic mass is 10.1. The molecule has 5 rings (SSSR count). The molecule has 0 aliphatic heterocycles. The Morgan fingerprint density at radius 3 is 2.29 bits per heavy atom. The summed E-state index contributed by atoms with van der Waals surface area (Å²) in [6.07, 6.45) is 0.322. The Morgan fingerprint density at radius 2 is 1.64 bits per heavy atom. The van der Waals surface area contributed by atoms with E-state index in [1.165, 1.54) is 16.8 Å². The van der Waals surface area contributed by atoms with Crippen molar-refractivity contribution in [3.05, 3.63) is 115 Å². The molecule has 1 amide bonds. The number of halogens is 4. The minimum Gasteiger partial charge on any atom is -0.325 e. The van der Waals surface area contributed by atoms with Gasteiger partial charge in [0.1, 0.15) is 22.7 Å². The molecule has 216 valence electrons. The van der Waals surface area contributed by atoms with Crippen LogP contribution < -0.4 is 16.2 Å². The average molecular weight is 628 g/mol. The summed E-state index contributed by atoms with van der Waals surface area (Å²) in [7, 11) is 0. The van der Waals surface area contributed by atoms with E-state index in [1.807, 2.05) is 26.0 Å². The Labute approximate surface area is 255 Å². The number of hydrogen-bond donors (Lipinski definition) is 3. The van der Waals surface area contributed by atoms with Gasteiger partial charge in [-0.2, -0.15) is 5.10 Å². The first-order valence-electron chi connectivity index (χ1n) is 13.1. The normalized spacial score (nSPS) is 11.4. The third kappa shape index (κ3) is 6.65. The minimum absolute atomic E-state index is 0.0618. The molecule has 42 heavy (non-hydrogen) atoms. The summed E-state index contributed by atoms with van der Waals surface area (Å²) in [4.78, 5) is 33.2. The van der Waals surface area contributed by atoms with Gasteiger partial charge in [-0.05, 0) is 53.4 Å². The monoisotopic (exact) mass is 626 g/mol. The van der Waals surface area contributed by atoms with Gasteiger partial charge in [0.15, 0.2) is 5.65 Å². The van der Waals surface area contributed by atoms with E-state index in [0.29, 0.717) is 51.9 Å². The number of carbonyl (C=O) groups excluding carboxylic acids is 1. The summed E-state index contributed by atoms with van der Waals surface area (Å²) in [5.74, 6) is -0.155. The van der Waals surface area contributed by atoms with Crippen molar-refractivity contribution in [1.29, 1.82) is 0 Å². The highest BCUT2D eigenvalue weighted by Gasteiger charge is 2.23. The summed E-state index contributed by atoms with van der Waals surface area (Å²) in [6.45, 7) is 4.41. The summed E-state index contributed by atoms with van der Waals surface area (Å²) < 4.78 is 14.5. The lowest BCUT2D eigenvalue weighted by molar-refractivity contribution is -0.115. The van der Waals surface area contributed by atoms with E-state index in [0.717, 1.165) is 11.1 Å². The van der Waals surface area contributed by atoms with E-state index in [9.17, 15) is 14.0 Å². The van der Waals surface area contributed by atoms with Gasteiger partial charge in [0.05, 0.1) is 22.3 Å². The van der Waals surface area contributed by atoms with Crippen LogP contribution in [0.1, 0.15) is 42.4 Å². The number of hydrogen-bond acceptors (Lipinski definition) is 5. The molecule has 5 aromatic rings. The van der Waals surface area contributed by atoms with Crippen molar-refractivity contribution in [2.24, 2.45) is 0 Å². The number of nitrogens with zero attached hydrogens (tertiary/aromatic N) is 3. The number of H-pyrrole nitrogens is 1. The molecule has 0 radical (unpaired) electrons. The fraction of sp³-hybridized carbons (Fsp3) is 0.200.